The second-order valence-corrected chi connectivity index (χ2v) is 15.2. The Balaban J connectivity index is 1.73. The third-order valence-electron chi connectivity index (χ3n) is 7.42. The standard InChI is InChI=1S/C30H36O6SSi/c1-22-15-17-25(18-16-22)37(33,34)35-24-19-23(29(2,3)4)20-30(21-24,28(31)32)36-38(26-11-7-5-8-12-26)27-13-9-6-10-14-27/h5-18,23-24,38H,19-21H2,1-4H3,(H,31,32)/t23-,24+,30+/m0/s1. The highest BCUT2D eigenvalue weighted by Crippen LogP contribution is 2.45. The Kier molecular flexibility index (Phi) is 8.28. The number of carboxylic acid groups (broad SMARTS) is 1. The minimum atomic E-state index is -4.09. The molecule has 3 atom stereocenters. The summed E-state index contributed by atoms with van der Waals surface area (Å²) in [6.07, 6.45) is -0.185. The van der Waals surface area contributed by atoms with Crippen LogP contribution in [0, 0.1) is 18.3 Å². The van der Waals surface area contributed by atoms with Crippen molar-refractivity contribution < 1.29 is 26.9 Å². The van der Waals surface area contributed by atoms with Crippen molar-refractivity contribution in [2.45, 2.75) is 63.6 Å². The van der Waals surface area contributed by atoms with E-state index in [0.29, 0.717) is 6.42 Å². The van der Waals surface area contributed by atoms with Crippen LogP contribution in [0.15, 0.2) is 89.8 Å². The topological polar surface area (TPSA) is 89.9 Å². The van der Waals surface area contributed by atoms with Crippen LogP contribution in [0.3, 0.4) is 0 Å². The molecule has 0 bridgehead atoms. The van der Waals surface area contributed by atoms with Crippen LogP contribution < -0.4 is 10.4 Å². The monoisotopic (exact) mass is 552 g/mol. The Morgan fingerprint density at radius 1 is 0.895 bits per heavy atom. The average molecular weight is 553 g/mol. The second-order valence-electron chi connectivity index (χ2n) is 11.3. The lowest BCUT2D eigenvalue weighted by molar-refractivity contribution is -0.166. The first-order valence-corrected chi connectivity index (χ1v) is 15.9. The molecule has 38 heavy (non-hydrogen) atoms. The van der Waals surface area contributed by atoms with Gasteiger partial charge in [0.2, 0.25) is 9.04 Å². The van der Waals surface area contributed by atoms with Gasteiger partial charge in [-0.15, -0.1) is 0 Å². The Morgan fingerprint density at radius 2 is 1.42 bits per heavy atom. The zero-order valence-corrected chi connectivity index (χ0v) is 24.3. The molecule has 202 valence electrons. The van der Waals surface area contributed by atoms with Gasteiger partial charge in [0.1, 0.15) is 0 Å². The van der Waals surface area contributed by atoms with Gasteiger partial charge in [-0.1, -0.05) is 99.1 Å². The van der Waals surface area contributed by atoms with Crippen LogP contribution in [-0.4, -0.2) is 40.2 Å². The molecular formula is C30H36O6SSi. The molecule has 1 fully saturated rings. The van der Waals surface area contributed by atoms with Gasteiger partial charge in [-0.05, 0) is 53.6 Å². The molecule has 6 nitrogen and oxygen atoms in total. The van der Waals surface area contributed by atoms with E-state index in [-0.39, 0.29) is 29.1 Å². The maximum Gasteiger partial charge on any atom is 0.334 e. The van der Waals surface area contributed by atoms with Crippen molar-refractivity contribution in [3.05, 3.63) is 90.5 Å². The van der Waals surface area contributed by atoms with Crippen molar-refractivity contribution in [2.75, 3.05) is 0 Å². The van der Waals surface area contributed by atoms with Crippen molar-refractivity contribution in [3.63, 3.8) is 0 Å². The normalized spacial score (nSPS) is 22.3. The fourth-order valence-corrected chi connectivity index (χ4v) is 8.77. The number of carbonyl (C=O) groups is 1. The highest BCUT2D eigenvalue weighted by Gasteiger charge is 2.52. The number of rotatable bonds is 8. The van der Waals surface area contributed by atoms with Gasteiger partial charge in [0.25, 0.3) is 10.1 Å². The number of hydrogen-bond donors (Lipinski definition) is 1. The van der Waals surface area contributed by atoms with Crippen molar-refractivity contribution in [1.29, 1.82) is 0 Å². The van der Waals surface area contributed by atoms with Crippen LogP contribution in [0.25, 0.3) is 0 Å². The van der Waals surface area contributed by atoms with E-state index in [4.69, 9.17) is 8.61 Å². The number of aliphatic carboxylic acids is 1. The molecule has 4 rings (SSSR count). The first-order chi connectivity index (χ1) is 17.9. The zero-order valence-electron chi connectivity index (χ0n) is 22.3. The number of benzene rings is 3. The highest BCUT2D eigenvalue weighted by atomic mass is 32.2. The van der Waals surface area contributed by atoms with Gasteiger partial charge in [0.15, 0.2) is 5.60 Å². The molecule has 0 heterocycles. The van der Waals surface area contributed by atoms with Crippen LogP contribution in [0.2, 0.25) is 0 Å². The molecule has 0 aliphatic heterocycles. The lowest BCUT2D eigenvalue weighted by Gasteiger charge is -2.46. The predicted molar refractivity (Wildman–Crippen MR) is 151 cm³/mol. The van der Waals surface area contributed by atoms with Crippen LogP contribution >= 0.6 is 0 Å². The lowest BCUT2D eigenvalue weighted by Crippen LogP contribution is -2.59. The quantitative estimate of drug-likeness (QED) is 0.331. The Hall–Kier alpha value is -2.78. The van der Waals surface area contributed by atoms with Crippen LogP contribution in [0.4, 0.5) is 0 Å². The van der Waals surface area contributed by atoms with Gasteiger partial charge >= 0.3 is 5.97 Å². The maximum absolute atomic E-state index is 13.2. The molecule has 0 amide bonds. The molecule has 3 aromatic rings. The molecule has 0 radical (unpaired) electrons. The molecular weight excluding hydrogens is 516 g/mol. The summed E-state index contributed by atoms with van der Waals surface area (Å²) >= 11 is 0. The largest absolute Gasteiger partial charge is 0.479 e. The van der Waals surface area contributed by atoms with E-state index in [2.05, 4.69) is 0 Å². The Morgan fingerprint density at radius 3 is 1.89 bits per heavy atom. The average Bonchev–Trinajstić information content (AvgIpc) is 2.87. The Bertz CT molecular complexity index is 1300. The van der Waals surface area contributed by atoms with Crippen LogP contribution in [0.5, 0.6) is 0 Å². The van der Waals surface area contributed by atoms with Crippen molar-refractivity contribution in [3.8, 4) is 0 Å². The van der Waals surface area contributed by atoms with Gasteiger partial charge in [0.05, 0.1) is 11.0 Å². The summed E-state index contributed by atoms with van der Waals surface area (Å²) in [4.78, 5) is 13.1. The smallest absolute Gasteiger partial charge is 0.334 e. The van der Waals surface area contributed by atoms with E-state index in [1.54, 1.807) is 12.1 Å². The van der Waals surface area contributed by atoms with Gasteiger partial charge in [0, 0.05) is 6.42 Å². The summed E-state index contributed by atoms with van der Waals surface area (Å²) in [5.74, 6) is -1.22. The Labute approximate surface area is 227 Å². The molecule has 3 aromatic carbocycles. The van der Waals surface area contributed by atoms with Gasteiger partial charge in [-0.3, -0.25) is 4.18 Å². The number of hydrogen-bond acceptors (Lipinski definition) is 5. The summed E-state index contributed by atoms with van der Waals surface area (Å²) in [5.41, 5.74) is -0.937. The SMILES string of the molecule is Cc1ccc(S(=O)(=O)O[C@@H]2C[C@H](C(C)(C)C)C[C@](O[SiH](c3ccccc3)c3ccccc3)(C(=O)O)C2)cc1. The third-order valence-corrected chi connectivity index (χ3v) is 11.5. The van der Waals surface area contributed by atoms with E-state index >= 15 is 0 Å². The van der Waals surface area contributed by atoms with E-state index in [0.717, 1.165) is 15.9 Å². The third kappa shape index (κ3) is 6.43. The molecule has 1 saturated carbocycles. The number of aryl methyl sites for hydroxylation is 1. The van der Waals surface area contributed by atoms with Crippen LogP contribution in [-0.2, 0) is 23.5 Å². The predicted octanol–water partition coefficient (Wildman–Crippen LogP) is 4.29. The van der Waals surface area contributed by atoms with E-state index in [1.165, 1.54) is 12.1 Å². The molecule has 1 aliphatic carbocycles. The molecule has 1 aliphatic rings. The fourth-order valence-electron chi connectivity index (χ4n) is 5.14. The molecule has 1 N–H and O–H groups in total. The molecule has 0 saturated heterocycles. The summed E-state index contributed by atoms with van der Waals surface area (Å²) in [6.45, 7) is 8.02. The minimum Gasteiger partial charge on any atom is -0.479 e. The summed E-state index contributed by atoms with van der Waals surface area (Å²) in [7, 11) is -6.55. The fraction of sp³-hybridized carbons (Fsp3) is 0.367. The first-order valence-electron chi connectivity index (χ1n) is 12.9. The van der Waals surface area contributed by atoms with Gasteiger partial charge in [-0.2, -0.15) is 8.42 Å². The molecule has 0 spiro atoms. The summed E-state index contributed by atoms with van der Waals surface area (Å²) in [6, 6.07) is 25.9. The van der Waals surface area contributed by atoms with Crippen LogP contribution in [0.1, 0.15) is 45.6 Å². The second kappa shape index (κ2) is 11.1. The minimum absolute atomic E-state index is 0.0524. The molecule has 0 unspecified atom stereocenters. The zero-order chi connectivity index (χ0) is 27.6. The summed E-state index contributed by atoms with van der Waals surface area (Å²) < 4.78 is 39.0. The van der Waals surface area contributed by atoms with Gasteiger partial charge in [-0.25, -0.2) is 4.79 Å². The van der Waals surface area contributed by atoms with E-state index < -0.39 is 36.8 Å². The number of carboxylic acids is 1. The van der Waals surface area contributed by atoms with E-state index in [9.17, 15) is 18.3 Å². The highest BCUT2D eigenvalue weighted by molar-refractivity contribution is 7.86. The molecule has 0 aromatic heterocycles. The first kappa shape index (κ1) is 28.2. The maximum atomic E-state index is 13.2. The lowest BCUT2D eigenvalue weighted by atomic mass is 9.66. The van der Waals surface area contributed by atoms with Crippen molar-refractivity contribution in [1.82, 2.24) is 0 Å². The van der Waals surface area contributed by atoms with Crippen molar-refractivity contribution in [2.24, 2.45) is 11.3 Å². The van der Waals surface area contributed by atoms with Gasteiger partial charge < -0.3 is 9.53 Å². The van der Waals surface area contributed by atoms with Crippen molar-refractivity contribution >= 4 is 35.5 Å². The van der Waals surface area contributed by atoms with E-state index in [1.807, 2.05) is 88.4 Å². The summed E-state index contributed by atoms with van der Waals surface area (Å²) in [5, 5.41) is 12.6. The molecule has 8 heteroatoms.